The fourth-order valence-electron chi connectivity index (χ4n) is 2.42. The first-order valence-electron chi connectivity index (χ1n) is 8.54. The second kappa shape index (κ2) is 10.9. The Morgan fingerprint density at radius 3 is 2.60 bits per heavy atom. The minimum Gasteiger partial charge on any atom is -0.465 e. The molecule has 0 aliphatic rings. The molecule has 2 rings (SSSR count). The third kappa shape index (κ3) is 8.05. The number of carbonyl (C=O) groups excluding carboxylic acids is 1. The molecule has 1 aromatic carbocycles. The summed E-state index contributed by atoms with van der Waals surface area (Å²) in [6.07, 6.45) is -0.434. The number of unbranched alkanes of at least 4 members (excludes halogenated alkanes) is 1. The number of hydrogen-bond donors (Lipinski definition) is 5. The van der Waals surface area contributed by atoms with Gasteiger partial charge in [-0.15, -0.1) is 11.3 Å². The Labute approximate surface area is 187 Å². The first kappa shape index (κ1) is 24.3. The van der Waals surface area contributed by atoms with E-state index < -0.39 is 28.3 Å². The summed E-state index contributed by atoms with van der Waals surface area (Å²) in [6, 6.07) is 3.98. The Bertz CT molecular complexity index is 1020. The highest BCUT2D eigenvalue weighted by Gasteiger charge is 2.21. The van der Waals surface area contributed by atoms with Crippen molar-refractivity contribution in [3.05, 3.63) is 33.6 Å². The third-order valence-electron chi connectivity index (χ3n) is 3.79. The maximum atomic E-state index is 12.5. The highest BCUT2D eigenvalue weighted by atomic mass is 35.5. The molecule has 0 aliphatic heterocycles. The molecule has 0 saturated heterocycles. The van der Waals surface area contributed by atoms with Crippen LogP contribution in [0, 0.1) is 0 Å². The van der Waals surface area contributed by atoms with Crippen LogP contribution in [0.2, 0.25) is 10.0 Å². The fraction of sp³-hybridized carbons (Fsp3) is 0.312. The predicted octanol–water partition coefficient (Wildman–Crippen LogP) is 2.66. The van der Waals surface area contributed by atoms with Gasteiger partial charge in [0.25, 0.3) is 10.2 Å². The van der Waals surface area contributed by atoms with Crippen LogP contribution in [0.5, 0.6) is 0 Å². The molecule has 1 heterocycles. The second-order valence-electron chi connectivity index (χ2n) is 6.09. The van der Waals surface area contributed by atoms with Crippen LogP contribution in [0.1, 0.15) is 19.3 Å². The van der Waals surface area contributed by atoms with Crippen LogP contribution in [-0.2, 0) is 15.0 Å². The number of rotatable bonds is 10. The Kier molecular flexibility index (Phi) is 8.82. The van der Waals surface area contributed by atoms with Crippen LogP contribution in [0.25, 0.3) is 11.3 Å². The number of nitrogens with zero attached hydrogens (tertiary/aromatic N) is 1. The van der Waals surface area contributed by atoms with E-state index in [-0.39, 0.29) is 18.1 Å². The van der Waals surface area contributed by atoms with E-state index in [9.17, 15) is 18.0 Å². The van der Waals surface area contributed by atoms with Crippen LogP contribution >= 0.6 is 34.5 Å². The number of anilines is 1. The zero-order chi connectivity index (χ0) is 22.3. The summed E-state index contributed by atoms with van der Waals surface area (Å²) in [5.41, 5.74) is 1.29. The van der Waals surface area contributed by atoms with Crippen LogP contribution in [0.15, 0.2) is 23.6 Å². The Morgan fingerprint density at radius 2 is 1.97 bits per heavy atom. The molecule has 164 valence electrons. The number of nitrogens with two attached hydrogens (primary N) is 1. The smallest absolute Gasteiger partial charge is 0.405 e. The van der Waals surface area contributed by atoms with E-state index >= 15 is 0 Å². The lowest BCUT2D eigenvalue weighted by Crippen LogP contribution is -2.43. The lowest BCUT2D eigenvalue weighted by Gasteiger charge is -2.15. The average molecular weight is 496 g/mol. The maximum Gasteiger partial charge on any atom is 0.405 e. The van der Waals surface area contributed by atoms with Crippen molar-refractivity contribution >= 4 is 61.9 Å². The number of carbonyl (C=O) groups is 2. The molecular weight excluding hydrogens is 477 g/mol. The van der Waals surface area contributed by atoms with Crippen molar-refractivity contribution in [2.45, 2.75) is 25.3 Å². The van der Waals surface area contributed by atoms with E-state index in [0.29, 0.717) is 34.1 Å². The van der Waals surface area contributed by atoms with Gasteiger partial charge in [-0.1, -0.05) is 29.3 Å². The van der Waals surface area contributed by atoms with E-state index in [1.54, 1.807) is 23.6 Å². The summed E-state index contributed by atoms with van der Waals surface area (Å²) in [5.74, 6) is -0.577. The quantitative estimate of drug-likeness (QED) is 0.318. The molecule has 1 atom stereocenters. The van der Waals surface area contributed by atoms with Gasteiger partial charge in [0.05, 0.1) is 15.7 Å². The predicted molar refractivity (Wildman–Crippen MR) is 116 cm³/mol. The molecule has 14 heteroatoms. The molecule has 0 aliphatic carbocycles. The summed E-state index contributed by atoms with van der Waals surface area (Å²) in [5, 5.41) is 21.3. The van der Waals surface area contributed by atoms with Gasteiger partial charge < -0.3 is 15.7 Å². The molecule has 0 spiro atoms. The molecule has 0 radical (unpaired) electrons. The summed E-state index contributed by atoms with van der Waals surface area (Å²) in [4.78, 5) is 27.8. The Morgan fingerprint density at radius 1 is 1.23 bits per heavy atom. The number of halogens is 2. The molecule has 30 heavy (non-hydrogen) atoms. The van der Waals surface area contributed by atoms with E-state index in [4.69, 9.17) is 33.4 Å². The second-order valence-corrected chi connectivity index (χ2v) is 9.14. The van der Waals surface area contributed by atoms with Crippen LogP contribution in [0.4, 0.5) is 9.93 Å². The van der Waals surface area contributed by atoms with Gasteiger partial charge in [-0.2, -0.15) is 8.42 Å². The minimum atomic E-state index is -3.79. The molecule has 2 aromatic rings. The third-order valence-corrected chi connectivity index (χ3v) is 5.89. The zero-order valence-electron chi connectivity index (χ0n) is 15.4. The number of aromatic nitrogens is 1. The molecular formula is C16H19Cl2N5O5S2. The Hall–Kier alpha value is -1.96. The molecule has 2 amide bonds. The topological polar surface area (TPSA) is 164 Å². The Balaban J connectivity index is 1.97. The fourth-order valence-corrected chi connectivity index (χ4v) is 3.87. The van der Waals surface area contributed by atoms with Gasteiger partial charge in [0.15, 0.2) is 5.13 Å². The van der Waals surface area contributed by atoms with Crippen molar-refractivity contribution in [2.75, 3.05) is 11.9 Å². The largest absolute Gasteiger partial charge is 0.465 e. The van der Waals surface area contributed by atoms with Crippen molar-refractivity contribution in [3.8, 4) is 11.3 Å². The van der Waals surface area contributed by atoms with Crippen molar-refractivity contribution in [1.82, 2.24) is 15.0 Å². The van der Waals surface area contributed by atoms with Gasteiger partial charge in [0.1, 0.15) is 6.04 Å². The van der Waals surface area contributed by atoms with Crippen molar-refractivity contribution in [2.24, 2.45) is 5.14 Å². The summed E-state index contributed by atoms with van der Waals surface area (Å²) in [6.45, 7) is 0.0831. The van der Waals surface area contributed by atoms with E-state index in [2.05, 4.69) is 20.3 Å². The van der Waals surface area contributed by atoms with E-state index in [1.807, 2.05) is 0 Å². The van der Waals surface area contributed by atoms with Gasteiger partial charge in [-0.3, -0.25) is 4.79 Å². The molecule has 1 unspecified atom stereocenters. The standard InChI is InChI=1S/C16H19Cl2N5O5S2/c17-10-5-4-9(7-11(10)18)13-8-29-15(21-13)23-14(24)12(22-16(25)26)3-1-2-6-20-30(19,27)28/h4-5,7-8,12,20,22H,1-3,6H2,(H,25,26)(H2,19,27,28)(H,21,23,24). The molecule has 10 nitrogen and oxygen atoms in total. The van der Waals surface area contributed by atoms with Crippen molar-refractivity contribution in [3.63, 3.8) is 0 Å². The van der Waals surface area contributed by atoms with E-state index in [1.165, 1.54) is 11.3 Å². The summed E-state index contributed by atoms with van der Waals surface area (Å²) in [7, 11) is -3.79. The van der Waals surface area contributed by atoms with Crippen LogP contribution in [-0.4, -0.2) is 43.1 Å². The average Bonchev–Trinajstić information content (AvgIpc) is 3.10. The zero-order valence-corrected chi connectivity index (χ0v) is 18.5. The highest BCUT2D eigenvalue weighted by Crippen LogP contribution is 2.30. The monoisotopic (exact) mass is 495 g/mol. The van der Waals surface area contributed by atoms with Gasteiger partial charge in [-0.05, 0) is 31.4 Å². The number of amides is 2. The first-order chi connectivity index (χ1) is 14.0. The van der Waals surface area contributed by atoms with E-state index in [0.717, 1.165) is 0 Å². The van der Waals surface area contributed by atoms with Gasteiger partial charge in [0, 0.05) is 17.5 Å². The van der Waals surface area contributed by atoms with Crippen molar-refractivity contribution in [1.29, 1.82) is 0 Å². The molecule has 6 N–H and O–H groups in total. The lowest BCUT2D eigenvalue weighted by molar-refractivity contribution is -0.118. The number of benzene rings is 1. The summed E-state index contributed by atoms with van der Waals surface area (Å²) < 4.78 is 23.8. The molecule has 0 bridgehead atoms. The van der Waals surface area contributed by atoms with Crippen LogP contribution in [0.3, 0.4) is 0 Å². The summed E-state index contributed by atoms with van der Waals surface area (Å²) >= 11 is 13.1. The van der Waals surface area contributed by atoms with Gasteiger partial charge in [-0.25, -0.2) is 19.6 Å². The van der Waals surface area contributed by atoms with Crippen LogP contribution < -0.4 is 20.5 Å². The highest BCUT2D eigenvalue weighted by molar-refractivity contribution is 7.87. The maximum absolute atomic E-state index is 12.5. The van der Waals surface area contributed by atoms with Gasteiger partial charge >= 0.3 is 6.09 Å². The normalized spacial score (nSPS) is 12.4. The number of nitrogens with one attached hydrogen (secondary N) is 3. The minimum absolute atomic E-state index is 0.0831. The molecule has 0 fully saturated rings. The lowest BCUT2D eigenvalue weighted by atomic mass is 10.1. The number of thiazole rings is 1. The molecule has 1 aromatic heterocycles. The number of carboxylic acid groups (broad SMARTS) is 1. The number of hydrogen-bond acceptors (Lipinski definition) is 6. The molecule has 0 saturated carbocycles. The van der Waals surface area contributed by atoms with Gasteiger partial charge in [0.2, 0.25) is 5.91 Å². The van der Waals surface area contributed by atoms with Crippen molar-refractivity contribution < 1.29 is 23.1 Å². The first-order valence-corrected chi connectivity index (χ1v) is 11.7. The SMILES string of the molecule is NS(=O)(=O)NCCCCC(NC(=O)O)C(=O)Nc1nc(-c2ccc(Cl)c(Cl)c2)cs1.